The molecule has 0 heterocycles. The molecule has 10 heavy (non-hydrogen) atoms. The van der Waals surface area contributed by atoms with E-state index in [1.54, 1.807) is 22.6 Å². The number of hydrogen-bond acceptors (Lipinski definition) is 2. The van der Waals surface area contributed by atoms with Gasteiger partial charge in [0.2, 0.25) is 0 Å². The summed E-state index contributed by atoms with van der Waals surface area (Å²) in [6.45, 7) is 1.96. The highest BCUT2D eigenvalue weighted by molar-refractivity contribution is 14.1. The Bertz CT molecular complexity index is 198. The zero-order valence-corrected chi connectivity index (χ0v) is 8.87. The molecular weight excluding hydrogens is 270 g/mol. The van der Waals surface area contributed by atoms with Crippen LogP contribution in [0, 0.1) is 0 Å². The molecule has 0 aromatic rings. The van der Waals surface area contributed by atoms with Crippen LogP contribution in [0.5, 0.6) is 0 Å². The maximum absolute atomic E-state index is 12.1. The summed E-state index contributed by atoms with van der Waals surface area (Å²) in [4.78, 5) is 0. The topological polar surface area (TPSA) is 34.1 Å². The zero-order valence-electron chi connectivity index (χ0n) is 5.89. The Morgan fingerprint density at radius 1 is 1.50 bits per heavy atom. The molecule has 0 bridgehead atoms. The first-order valence-corrected chi connectivity index (χ1v) is 5.89. The lowest BCUT2D eigenvalue weighted by Gasteiger charge is -2.18. The van der Waals surface area contributed by atoms with Gasteiger partial charge in [-0.15, -0.1) is 0 Å². The molecule has 0 rings (SSSR count). The minimum Gasteiger partial charge on any atom is -0.249 e. The zero-order chi connectivity index (χ0) is 8.41. The Morgan fingerprint density at radius 3 is 2.00 bits per heavy atom. The predicted octanol–water partition coefficient (Wildman–Crippen LogP) is 1.54. The number of hydrogen-bond donors (Lipinski definition) is 0. The summed E-state index contributed by atoms with van der Waals surface area (Å²) in [5.41, 5.74) is 0. The summed E-state index contributed by atoms with van der Waals surface area (Å²) in [7, 11) is -3.24. The van der Waals surface area contributed by atoms with Crippen molar-refractivity contribution in [3.63, 3.8) is 0 Å². The molecule has 0 aliphatic carbocycles. The fourth-order valence-electron chi connectivity index (χ4n) is 0.231. The summed E-state index contributed by atoms with van der Waals surface area (Å²) >= 11 is 1.72. The van der Waals surface area contributed by atoms with E-state index in [0.717, 1.165) is 0 Å². The van der Waals surface area contributed by atoms with Crippen LogP contribution in [0.25, 0.3) is 0 Å². The number of sulfone groups is 1. The first-order chi connectivity index (χ1) is 4.37. The smallest absolute Gasteiger partial charge is 0.167 e. The summed E-state index contributed by atoms with van der Waals surface area (Å²) in [6, 6.07) is 0. The van der Waals surface area contributed by atoms with Gasteiger partial charge < -0.3 is 0 Å². The van der Waals surface area contributed by atoms with Gasteiger partial charge >= 0.3 is 0 Å². The van der Waals surface area contributed by atoms with E-state index in [-0.39, 0.29) is 3.76 Å². The second-order valence-corrected chi connectivity index (χ2v) is 7.04. The Labute approximate surface area is 74.3 Å². The third-order valence-corrected chi connectivity index (χ3v) is 5.85. The fraction of sp³-hybridized carbons (Fsp3) is 1.00. The van der Waals surface area contributed by atoms with Crippen molar-refractivity contribution in [1.82, 2.24) is 0 Å². The van der Waals surface area contributed by atoms with Crippen LogP contribution in [-0.2, 0) is 9.84 Å². The maximum atomic E-state index is 12.1. The molecule has 0 atom stereocenters. The van der Waals surface area contributed by atoms with E-state index < -0.39 is 21.3 Å². The molecule has 0 saturated heterocycles. The second-order valence-electron chi connectivity index (χ2n) is 2.62. The van der Waals surface area contributed by atoms with Crippen molar-refractivity contribution in [3.05, 3.63) is 0 Å². The highest BCUT2D eigenvalue weighted by atomic mass is 127. The van der Waals surface area contributed by atoms with Crippen LogP contribution in [0.2, 0.25) is 0 Å². The van der Waals surface area contributed by atoms with Gasteiger partial charge in [-0.1, -0.05) is 22.6 Å². The summed E-state index contributed by atoms with van der Waals surface area (Å²) in [6.07, 6.45) is 0. The van der Waals surface area contributed by atoms with Crippen molar-refractivity contribution in [2.24, 2.45) is 0 Å². The van der Waals surface area contributed by atoms with E-state index in [9.17, 15) is 12.8 Å². The SMILES string of the molecule is CC(C)(CF)S(=O)(=O)CI. The van der Waals surface area contributed by atoms with Crippen molar-refractivity contribution in [3.8, 4) is 0 Å². The molecule has 0 saturated carbocycles. The average molecular weight is 280 g/mol. The monoisotopic (exact) mass is 280 g/mol. The Morgan fingerprint density at radius 2 is 1.90 bits per heavy atom. The van der Waals surface area contributed by atoms with Gasteiger partial charge in [0.05, 0.1) is 4.75 Å². The number of alkyl halides is 2. The Kier molecular flexibility index (Phi) is 3.54. The number of halogens is 2. The van der Waals surface area contributed by atoms with Gasteiger partial charge in [0.1, 0.15) is 10.4 Å². The van der Waals surface area contributed by atoms with Gasteiger partial charge in [0, 0.05) is 0 Å². The Hall–Kier alpha value is 0.610. The fourth-order valence-corrected chi connectivity index (χ4v) is 3.22. The first-order valence-electron chi connectivity index (χ1n) is 2.71. The van der Waals surface area contributed by atoms with Crippen molar-refractivity contribution in [2.75, 3.05) is 10.4 Å². The standard InChI is InChI=1S/C5H10FIO2S/c1-5(2,3-6)10(8,9)4-7/h3-4H2,1-2H3. The van der Waals surface area contributed by atoms with Crippen molar-refractivity contribution in [2.45, 2.75) is 18.6 Å². The molecule has 0 N–H and O–H groups in total. The highest BCUT2D eigenvalue weighted by Crippen LogP contribution is 2.19. The first kappa shape index (κ1) is 10.6. The van der Waals surface area contributed by atoms with Crippen molar-refractivity contribution >= 4 is 32.4 Å². The minimum atomic E-state index is -3.24. The lowest BCUT2D eigenvalue weighted by molar-refractivity contribution is 0.411. The molecule has 0 aromatic heterocycles. The maximum Gasteiger partial charge on any atom is 0.167 e. The van der Waals surface area contributed by atoms with Crippen LogP contribution >= 0.6 is 22.6 Å². The molecule has 2 nitrogen and oxygen atoms in total. The van der Waals surface area contributed by atoms with E-state index in [2.05, 4.69) is 0 Å². The van der Waals surface area contributed by atoms with Crippen molar-refractivity contribution < 1.29 is 12.8 Å². The van der Waals surface area contributed by atoms with Crippen LogP contribution in [0.4, 0.5) is 4.39 Å². The molecular formula is C5H10FIO2S. The highest BCUT2D eigenvalue weighted by Gasteiger charge is 2.32. The van der Waals surface area contributed by atoms with E-state index in [1.165, 1.54) is 13.8 Å². The van der Waals surface area contributed by atoms with Gasteiger partial charge in [0.25, 0.3) is 0 Å². The van der Waals surface area contributed by atoms with Crippen LogP contribution in [0.1, 0.15) is 13.8 Å². The molecule has 0 aromatic carbocycles. The Balaban J connectivity index is 4.64. The van der Waals surface area contributed by atoms with Gasteiger partial charge in [0.15, 0.2) is 9.84 Å². The molecule has 0 aliphatic heterocycles. The molecule has 0 unspecified atom stereocenters. The third kappa shape index (κ3) is 2.05. The van der Waals surface area contributed by atoms with Crippen LogP contribution in [0.3, 0.4) is 0 Å². The summed E-state index contributed by atoms with van der Waals surface area (Å²) in [5.74, 6) is 0. The summed E-state index contributed by atoms with van der Waals surface area (Å²) in [5, 5.41) is 0. The molecule has 0 fully saturated rings. The molecule has 62 valence electrons. The van der Waals surface area contributed by atoms with Crippen LogP contribution in [-0.4, -0.2) is 23.6 Å². The van der Waals surface area contributed by atoms with Gasteiger partial charge in [-0.05, 0) is 13.8 Å². The van der Waals surface area contributed by atoms with Gasteiger partial charge in [-0.25, -0.2) is 12.8 Å². The lowest BCUT2D eigenvalue weighted by Crippen LogP contribution is -2.34. The normalized spacial score (nSPS) is 13.6. The minimum absolute atomic E-state index is 0.0261. The van der Waals surface area contributed by atoms with Gasteiger partial charge in [-0.3, -0.25) is 0 Å². The number of rotatable bonds is 3. The summed E-state index contributed by atoms with van der Waals surface area (Å²) < 4.78 is 32.8. The molecule has 0 spiro atoms. The van der Waals surface area contributed by atoms with Crippen molar-refractivity contribution in [1.29, 1.82) is 0 Å². The van der Waals surface area contributed by atoms with Crippen LogP contribution < -0.4 is 0 Å². The van der Waals surface area contributed by atoms with Crippen LogP contribution in [0.15, 0.2) is 0 Å². The molecule has 0 aliphatic rings. The molecule has 0 radical (unpaired) electrons. The molecule has 5 heteroatoms. The molecule has 0 amide bonds. The van der Waals surface area contributed by atoms with E-state index in [4.69, 9.17) is 0 Å². The quantitative estimate of drug-likeness (QED) is 0.580. The predicted molar refractivity (Wildman–Crippen MR) is 47.9 cm³/mol. The lowest BCUT2D eigenvalue weighted by atomic mass is 10.2. The van der Waals surface area contributed by atoms with E-state index >= 15 is 0 Å². The third-order valence-electron chi connectivity index (χ3n) is 1.31. The van der Waals surface area contributed by atoms with E-state index in [1.807, 2.05) is 0 Å². The average Bonchev–Trinajstić information content (AvgIpc) is 1.88. The largest absolute Gasteiger partial charge is 0.249 e. The van der Waals surface area contributed by atoms with Gasteiger partial charge in [-0.2, -0.15) is 0 Å². The second kappa shape index (κ2) is 3.34. The van der Waals surface area contributed by atoms with E-state index in [0.29, 0.717) is 0 Å².